The summed E-state index contributed by atoms with van der Waals surface area (Å²) in [5, 5.41) is 2.36. The molecule has 0 aliphatic rings. The molecule has 5 aromatic rings. The quantitative estimate of drug-likeness (QED) is 0.226. The monoisotopic (exact) mass is 456 g/mol. The Hall–Kier alpha value is -3.40. The van der Waals surface area contributed by atoms with E-state index in [9.17, 15) is 8.78 Å². The maximum Gasteiger partial charge on any atom is 0.270 e. The van der Waals surface area contributed by atoms with Gasteiger partial charge in [-0.2, -0.15) is 0 Å². The van der Waals surface area contributed by atoms with Gasteiger partial charge in [0.25, 0.3) is 5.92 Å². The van der Waals surface area contributed by atoms with E-state index in [1.54, 1.807) is 12.1 Å². The number of unbranched alkanes of at least 4 members (excludes halogenated alkanes) is 2. The van der Waals surface area contributed by atoms with Crippen molar-refractivity contribution in [3.63, 3.8) is 0 Å². The zero-order valence-corrected chi connectivity index (χ0v) is 19.7. The number of hydrogen-bond acceptors (Lipinski definition) is 0. The minimum atomic E-state index is -2.86. The maximum atomic E-state index is 13.9. The summed E-state index contributed by atoms with van der Waals surface area (Å²) < 4.78 is 30.2. The fourth-order valence-corrected chi connectivity index (χ4v) is 5.05. The van der Waals surface area contributed by atoms with Crippen molar-refractivity contribution in [3.8, 4) is 0 Å². The van der Waals surface area contributed by atoms with Crippen molar-refractivity contribution in [2.24, 2.45) is 0 Å². The number of nitrogens with zero attached hydrogens (tertiary/aromatic N) is 1. The average molecular weight is 457 g/mol. The Bertz CT molecular complexity index is 1400. The fourth-order valence-electron chi connectivity index (χ4n) is 5.05. The molecule has 2 aromatic heterocycles. The van der Waals surface area contributed by atoms with Crippen LogP contribution in [0.4, 0.5) is 8.78 Å². The van der Waals surface area contributed by atoms with Crippen LogP contribution in [0.2, 0.25) is 0 Å². The van der Waals surface area contributed by atoms with E-state index in [-0.39, 0.29) is 11.5 Å². The molecule has 0 aliphatic carbocycles. The van der Waals surface area contributed by atoms with Gasteiger partial charge in [-0.05, 0) is 35.2 Å². The Morgan fingerprint density at radius 3 is 2.29 bits per heavy atom. The summed E-state index contributed by atoms with van der Waals surface area (Å²) in [6.45, 7) is 4.13. The largest absolute Gasteiger partial charge is 0.361 e. The highest BCUT2D eigenvalue weighted by Crippen LogP contribution is 2.41. The first-order valence-corrected chi connectivity index (χ1v) is 12.1. The molecule has 0 saturated carbocycles. The number of H-pyrrole nitrogens is 1. The molecule has 1 N–H and O–H groups in total. The fraction of sp³-hybridized carbons (Fsp3) is 0.267. The van der Waals surface area contributed by atoms with Crippen LogP contribution in [0.5, 0.6) is 0 Å². The zero-order chi connectivity index (χ0) is 23.7. The predicted octanol–water partition coefficient (Wildman–Crippen LogP) is 8.60. The number of para-hydroxylation sites is 2. The molecule has 0 amide bonds. The van der Waals surface area contributed by atoms with Crippen molar-refractivity contribution in [3.05, 3.63) is 107 Å². The number of rotatable bonds is 8. The Kier molecular flexibility index (Phi) is 5.99. The van der Waals surface area contributed by atoms with Gasteiger partial charge in [0.15, 0.2) is 0 Å². The van der Waals surface area contributed by atoms with Gasteiger partial charge in [0.2, 0.25) is 0 Å². The number of aromatic nitrogens is 2. The molecule has 1 unspecified atom stereocenters. The van der Waals surface area contributed by atoms with E-state index in [0.717, 1.165) is 41.9 Å². The zero-order valence-electron chi connectivity index (χ0n) is 19.7. The van der Waals surface area contributed by atoms with Crippen molar-refractivity contribution in [2.45, 2.75) is 51.5 Å². The summed E-state index contributed by atoms with van der Waals surface area (Å²) in [5.74, 6) is -2.93. The van der Waals surface area contributed by atoms with Crippen LogP contribution in [0.25, 0.3) is 21.8 Å². The third-order valence-electron chi connectivity index (χ3n) is 6.82. The number of aryl methyl sites for hydroxylation is 1. The summed E-state index contributed by atoms with van der Waals surface area (Å²) in [4.78, 5) is 3.41. The Morgan fingerprint density at radius 2 is 1.56 bits per heavy atom. The standard InChI is InChI=1S/C30H30F2N2/c1-3-4-9-18-34-20-26(24-11-6-8-13-28(24)34)29(21-14-16-22(17-15-21)30(2,31)32)25-19-33-27-12-7-5-10-23(25)27/h5-8,10-17,19-20,29,33H,3-4,9,18H2,1-2H3. The van der Waals surface area contributed by atoms with Gasteiger partial charge in [-0.3, -0.25) is 0 Å². The third-order valence-corrected chi connectivity index (χ3v) is 6.82. The normalized spacial score (nSPS) is 13.1. The second kappa shape index (κ2) is 9.09. The van der Waals surface area contributed by atoms with Crippen molar-refractivity contribution >= 4 is 21.8 Å². The van der Waals surface area contributed by atoms with Crippen LogP contribution in [0.15, 0.2) is 85.2 Å². The topological polar surface area (TPSA) is 20.7 Å². The molecule has 34 heavy (non-hydrogen) atoms. The smallest absolute Gasteiger partial charge is 0.270 e. The summed E-state index contributed by atoms with van der Waals surface area (Å²) in [5.41, 5.74) is 5.70. The molecule has 5 rings (SSSR count). The lowest BCUT2D eigenvalue weighted by atomic mass is 9.84. The first-order chi connectivity index (χ1) is 16.5. The highest BCUT2D eigenvalue weighted by atomic mass is 19.3. The third kappa shape index (κ3) is 4.13. The maximum absolute atomic E-state index is 13.9. The molecule has 0 aliphatic heterocycles. The minimum absolute atomic E-state index is 0.0379. The number of hydrogen-bond donors (Lipinski definition) is 1. The Labute approximate surface area is 199 Å². The van der Waals surface area contributed by atoms with E-state index in [1.165, 1.54) is 29.3 Å². The van der Waals surface area contributed by atoms with Crippen LogP contribution in [0.1, 0.15) is 61.3 Å². The van der Waals surface area contributed by atoms with Crippen molar-refractivity contribution in [2.75, 3.05) is 0 Å². The Morgan fingerprint density at radius 1 is 0.853 bits per heavy atom. The van der Waals surface area contributed by atoms with E-state index >= 15 is 0 Å². The van der Waals surface area contributed by atoms with Crippen molar-refractivity contribution < 1.29 is 8.78 Å². The van der Waals surface area contributed by atoms with Crippen LogP contribution in [0.3, 0.4) is 0 Å². The highest BCUT2D eigenvalue weighted by Gasteiger charge is 2.27. The molecule has 0 radical (unpaired) electrons. The van der Waals surface area contributed by atoms with E-state index in [2.05, 4.69) is 65.3 Å². The summed E-state index contributed by atoms with van der Waals surface area (Å²) in [6, 6.07) is 23.7. The van der Waals surface area contributed by atoms with E-state index < -0.39 is 5.92 Å². The Balaban J connectivity index is 1.70. The number of halogens is 2. The van der Waals surface area contributed by atoms with Crippen molar-refractivity contribution in [1.82, 2.24) is 9.55 Å². The van der Waals surface area contributed by atoms with Gasteiger partial charge in [0.1, 0.15) is 0 Å². The number of aromatic amines is 1. The average Bonchev–Trinajstić information content (AvgIpc) is 3.42. The lowest BCUT2D eigenvalue weighted by Crippen LogP contribution is -2.08. The van der Waals surface area contributed by atoms with Gasteiger partial charge in [-0.15, -0.1) is 0 Å². The molecule has 4 heteroatoms. The van der Waals surface area contributed by atoms with Crippen LogP contribution >= 0.6 is 0 Å². The molecule has 2 nitrogen and oxygen atoms in total. The van der Waals surface area contributed by atoms with Crippen LogP contribution in [0, 0.1) is 0 Å². The lowest BCUT2D eigenvalue weighted by molar-refractivity contribution is 0.0174. The molecule has 0 saturated heterocycles. The molecule has 3 aromatic carbocycles. The molecular formula is C30H30F2N2. The molecule has 174 valence electrons. The molecule has 0 bridgehead atoms. The van der Waals surface area contributed by atoms with Gasteiger partial charge >= 0.3 is 0 Å². The minimum Gasteiger partial charge on any atom is -0.361 e. The molecule has 2 heterocycles. The lowest BCUT2D eigenvalue weighted by Gasteiger charge is -2.19. The second-order valence-corrected chi connectivity index (χ2v) is 9.24. The van der Waals surface area contributed by atoms with Gasteiger partial charge in [-0.25, -0.2) is 8.78 Å². The van der Waals surface area contributed by atoms with Gasteiger partial charge in [-0.1, -0.05) is 80.4 Å². The van der Waals surface area contributed by atoms with Crippen LogP contribution in [-0.4, -0.2) is 9.55 Å². The van der Waals surface area contributed by atoms with Crippen LogP contribution in [-0.2, 0) is 12.5 Å². The molecule has 0 spiro atoms. The van der Waals surface area contributed by atoms with E-state index in [0.29, 0.717) is 0 Å². The van der Waals surface area contributed by atoms with E-state index in [4.69, 9.17) is 0 Å². The first-order valence-electron chi connectivity index (χ1n) is 12.1. The molecule has 1 atom stereocenters. The van der Waals surface area contributed by atoms with E-state index in [1.807, 2.05) is 24.3 Å². The predicted molar refractivity (Wildman–Crippen MR) is 137 cm³/mol. The molecule has 0 fully saturated rings. The number of nitrogens with one attached hydrogen (secondary N) is 1. The summed E-state index contributed by atoms with van der Waals surface area (Å²) in [7, 11) is 0. The van der Waals surface area contributed by atoms with Crippen LogP contribution < -0.4 is 0 Å². The number of benzene rings is 3. The number of fused-ring (bicyclic) bond motifs is 2. The first kappa shape index (κ1) is 22.4. The summed E-state index contributed by atoms with van der Waals surface area (Å²) >= 11 is 0. The van der Waals surface area contributed by atoms with Crippen molar-refractivity contribution in [1.29, 1.82) is 0 Å². The summed E-state index contributed by atoms with van der Waals surface area (Å²) in [6.07, 6.45) is 7.85. The highest BCUT2D eigenvalue weighted by molar-refractivity contribution is 5.89. The van der Waals surface area contributed by atoms with Gasteiger partial charge < -0.3 is 9.55 Å². The van der Waals surface area contributed by atoms with Gasteiger partial charge in [0.05, 0.1) is 0 Å². The molecular weight excluding hydrogens is 426 g/mol. The van der Waals surface area contributed by atoms with Gasteiger partial charge in [0, 0.05) is 59.1 Å². The SMILES string of the molecule is CCCCCn1cc(C(c2ccc(C(C)(F)F)cc2)c2c[nH]c3ccccc23)c2ccccc21. The second-order valence-electron chi connectivity index (χ2n) is 9.24. The number of alkyl halides is 2.